The highest BCUT2D eigenvalue weighted by atomic mass is 16.7. The summed E-state index contributed by atoms with van der Waals surface area (Å²) >= 11 is 0. The van der Waals surface area contributed by atoms with Gasteiger partial charge in [-0.3, -0.25) is 4.79 Å². The molecule has 1 saturated carbocycles. The van der Waals surface area contributed by atoms with Crippen LogP contribution in [-0.2, 0) is 19.0 Å². The molecule has 0 radical (unpaired) electrons. The first-order valence-electron chi connectivity index (χ1n) is 7.42. The van der Waals surface area contributed by atoms with Gasteiger partial charge < -0.3 is 14.2 Å². The highest BCUT2D eigenvalue weighted by Gasteiger charge is 2.75. The molecule has 4 heteroatoms. The van der Waals surface area contributed by atoms with Crippen LogP contribution in [0.2, 0.25) is 0 Å². The van der Waals surface area contributed by atoms with E-state index in [2.05, 4.69) is 13.5 Å². The minimum atomic E-state index is -0.952. The molecule has 0 amide bonds. The zero-order valence-corrected chi connectivity index (χ0v) is 12.6. The lowest BCUT2D eigenvalue weighted by Crippen LogP contribution is -2.71. The van der Waals surface area contributed by atoms with Crippen molar-refractivity contribution in [3.8, 4) is 0 Å². The Bertz CT molecular complexity index is 442. The minimum absolute atomic E-state index is 0.0537. The predicted octanol–water partition coefficient (Wildman–Crippen LogP) is 2.47. The van der Waals surface area contributed by atoms with Gasteiger partial charge in [-0.2, -0.15) is 0 Å². The highest BCUT2D eigenvalue weighted by Crippen LogP contribution is 2.64. The van der Waals surface area contributed by atoms with E-state index in [4.69, 9.17) is 14.2 Å². The van der Waals surface area contributed by atoms with Crippen LogP contribution in [0.3, 0.4) is 0 Å². The maximum Gasteiger partial charge on any atom is 0.205 e. The summed E-state index contributed by atoms with van der Waals surface area (Å²) in [5.74, 6) is -0.721. The number of methoxy groups -OCH3 is 2. The molecular weight excluding hydrogens is 256 g/mol. The van der Waals surface area contributed by atoms with Crippen LogP contribution in [0.1, 0.15) is 39.0 Å². The van der Waals surface area contributed by atoms with Crippen LogP contribution in [0.4, 0.5) is 0 Å². The van der Waals surface area contributed by atoms with Crippen molar-refractivity contribution in [2.75, 3.05) is 14.2 Å². The number of hydrogen-bond acceptors (Lipinski definition) is 4. The van der Waals surface area contributed by atoms with Gasteiger partial charge in [-0.05, 0) is 19.3 Å². The molecule has 4 atom stereocenters. The van der Waals surface area contributed by atoms with Crippen molar-refractivity contribution in [2.24, 2.45) is 11.3 Å². The van der Waals surface area contributed by atoms with Crippen LogP contribution >= 0.6 is 0 Å². The standard InChI is InChI=1S/C16H24O4/c1-5-11-9-13(17)16-14(2,10-12(11)20-16)7-6-8-15(16,18-3)19-4/h5,11-12H,1,6-10H2,2-4H3/t11-,12+,14-,16+/m0/s1. The Labute approximate surface area is 120 Å². The van der Waals surface area contributed by atoms with Crippen molar-refractivity contribution in [1.82, 2.24) is 0 Å². The van der Waals surface area contributed by atoms with E-state index in [-0.39, 0.29) is 23.2 Å². The van der Waals surface area contributed by atoms with Gasteiger partial charge in [0.05, 0.1) is 6.10 Å². The number of carbonyl (C=O) groups excluding carboxylic acids is 1. The van der Waals surface area contributed by atoms with E-state index in [1.165, 1.54) is 0 Å². The fraction of sp³-hybridized carbons (Fsp3) is 0.812. The number of ketones is 1. The normalized spacial score (nSPS) is 46.0. The van der Waals surface area contributed by atoms with Crippen molar-refractivity contribution in [3.63, 3.8) is 0 Å². The SMILES string of the molecule is C=C[C@H]1CC(=O)[C@@]23O[C@@H]1C[C@]2(C)CCCC3(OC)OC. The molecule has 3 aliphatic rings. The third-order valence-corrected chi connectivity index (χ3v) is 5.85. The van der Waals surface area contributed by atoms with Crippen LogP contribution < -0.4 is 0 Å². The molecule has 0 unspecified atom stereocenters. The lowest BCUT2D eigenvalue weighted by atomic mass is 9.59. The third-order valence-electron chi connectivity index (χ3n) is 5.85. The molecule has 20 heavy (non-hydrogen) atoms. The molecule has 1 aliphatic carbocycles. The lowest BCUT2D eigenvalue weighted by Gasteiger charge is -2.56. The van der Waals surface area contributed by atoms with Crippen LogP contribution in [-0.4, -0.2) is 37.5 Å². The molecule has 3 rings (SSSR count). The maximum absolute atomic E-state index is 13.0. The Morgan fingerprint density at radius 2 is 2.05 bits per heavy atom. The van der Waals surface area contributed by atoms with E-state index in [0.717, 1.165) is 19.3 Å². The fourth-order valence-electron chi connectivity index (χ4n) is 4.87. The summed E-state index contributed by atoms with van der Waals surface area (Å²) in [6, 6.07) is 0. The first-order chi connectivity index (χ1) is 9.48. The number of fused-ring (bicyclic) bond motifs is 1. The molecule has 2 saturated heterocycles. The van der Waals surface area contributed by atoms with E-state index < -0.39 is 11.4 Å². The van der Waals surface area contributed by atoms with Crippen molar-refractivity contribution in [1.29, 1.82) is 0 Å². The summed E-state index contributed by atoms with van der Waals surface area (Å²) in [6.07, 6.45) is 5.94. The molecular formula is C16H24O4. The molecule has 4 nitrogen and oxygen atoms in total. The van der Waals surface area contributed by atoms with E-state index in [9.17, 15) is 4.79 Å². The topological polar surface area (TPSA) is 44.8 Å². The summed E-state index contributed by atoms with van der Waals surface area (Å²) in [6.45, 7) is 6.01. The zero-order valence-electron chi connectivity index (χ0n) is 12.6. The van der Waals surface area contributed by atoms with Crippen molar-refractivity contribution >= 4 is 5.78 Å². The van der Waals surface area contributed by atoms with Gasteiger partial charge in [-0.25, -0.2) is 0 Å². The van der Waals surface area contributed by atoms with E-state index >= 15 is 0 Å². The Hall–Kier alpha value is -0.710. The predicted molar refractivity (Wildman–Crippen MR) is 74.2 cm³/mol. The van der Waals surface area contributed by atoms with Crippen LogP contribution in [0.15, 0.2) is 12.7 Å². The monoisotopic (exact) mass is 280 g/mol. The quantitative estimate of drug-likeness (QED) is 0.588. The van der Waals surface area contributed by atoms with E-state index in [1.807, 2.05) is 6.08 Å². The maximum atomic E-state index is 13.0. The summed E-state index contributed by atoms with van der Waals surface area (Å²) < 4.78 is 17.8. The molecule has 2 aliphatic heterocycles. The first kappa shape index (κ1) is 14.2. The number of Topliss-reactive ketones (excluding diaryl/α,β-unsaturated/α-hetero) is 1. The van der Waals surface area contributed by atoms with Gasteiger partial charge in [0.1, 0.15) is 0 Å². The summed E-state index contributed by atoms with van der Waals surface area (Å²) in [7, 11) is 3.24. The van der Waals surface area contributed by atoms with Gasteiger partial charge in [0.15, 0.2) is 11.4 Å². The van der Waals surface area contributed by atoms with Crippen LogP contribution in [0.25, 0.3) is 0 Å². The van der Waals surface area contributed by atoms with Gasteiger partial charge in [-0.15, -0.1) is 6.58 Å². The average Bonchev–Trinajstić information content (AvgIpc) is 2.73. The Balaban J connectivity index is 2.14. The van der Waals surface area contributed by atoms with Gasteiger partial charge in [0.25, 0.3) is 0 Å². The molecule has 2 heterocycles. The second kappa shape index (κ2) is 4.39. The summed E-state index contributed by atoms with van der Waals surface area (Å²) in [5, 5.41) is 0. The molecule has 112 valence electrons. The van der Waals surface area contributed by atoms with Crippen molar-refractivity contribution in [3.05, 3.63) is 12.7 Å². The van der Waals surface area contributed by atoms with E-state index in [0.29, 0.717) is 12.8 Å². The van der Waals surface area contributed by atoms with Gasteiger partial charge in [-0.1, -0.05) is 13.0 Å². The number of ether oxygens (including phenoxy) is 3. The molecule has 0 aromatic rings. The second-order valence-electron chi connectivity index (χ2n) is 6.64. The van der Waals surface area contributed by atoms with Crippen molar-refractivity contribution < 1.29 is 19.0 Å². The molecule has 0 N–H and O–H groups in total. The number of hydrogen-bond donors (Lipinski definition) is 0. The lowest BCUT2D eigenvalue weighted by molar-refractivity contribution is -0.335. The van der Waals surface area contributed by atoms with Crippen molar-refractivity contribution in [2.45, 2.75) is 56.5 Å². The fourth-order valence-corrected chi connectivity index (χ4v) is 4.87. The molecule has 1 spiro atoms. The Kier molecular flexibility index (Phi) is 3.13. The first-order valence-corrected chi connectivity index (χ1v) is 7.42. The van der Waals surface area contributed by atoms with E-state index in [1.54, 1.807) is 14.2 Å². The van der Waals surface area contributed by atoms with Gasteiger partial charge >= 0.3 is 0 Å². The average molecular weight is 280 g/mol. The van der Waals surface area contributed by atoms with Crippen LogP contribution in [0, 0.1) is 11.3 Å². The smallest absolute Gasteiger partial charge is 0.205 e. The van der Waals surface area contributed by atoms with Gasteiger partial charge in [0, 0.05) is 38.4 Å². The highest BCUT2D eigenvalue weighted by molar-refractivity contribution is 5.91. The molecule has 0 aromatic heterocycles. The summed E-state index contributed by atoms with van der Waals surface area (Å²) in [4.78, 5) is 13.0. The largest absolute Gasteiger partial charge is 0.357 e. The second-order valence-corrected chi connectivity index (χ2v) is 6.64. The van der Waals surface area contributed by atoms with Crippen LogP contribution in [0.5, 0.6) is 0 Å². The summed E-state index contributed by atoms with van der Waals surface area (Å²) in [5.41, 5.74) is -1.16. The number of carbonyl (C=O) groups is 1. The Morgan fingerprint density at radius 1 is 1.35 bits per heavy atom. The third kappa shape index (κ3) is 1.40. The Morgan fingerprint density at radius 3 is 2.65 bits per heavy atom. The molecule has 3 fully saturated rings. The van der Waals surface area contributed by atoms with Gasteiger partial charge in [0.2, 0.25) is 5.79 Å². The molecule has 0 aromatic carbocycles. The zero-order chi connectivity index (χ0) is 14.6. The minimum Gasteiger partial charge on any atom is -0.357 e. The number of rotatable bonds is 3. The molecule has 2 bridgehead atoms.